The Hall–Kier alpha value is -0.870. The molecule has 106 valence electrons. The average Bonchev–Trinajstić information content (AvgIpc) is 2.88. The van der Waals surface area contributed by atoms with Gasteiger partial charge in [-0.05, 0) is 19.8 Å². The zero-order valence-corrected chi connectivity index (χ0v) is 12.7. The lowest BCUT2D eigenvalue weighted by molar-refractivity contribution is 0.115. The molecule has 0 spiro atoms. The molecule has 5 heteroatoms. The van der Waals surface area contributed by atoms with Crippen molar-refractivity contribution in [2.24, 2.45) is 0 Å². The van der Waals surface area contributed by atoms with E-state index in [2.05, 4.69) is 35.6 Å². The van der Waals surface area contributed by atoms with Crippen molar-refractivity contribution < 1.29 is 4.74 Å². The lowest BCUT2D eigenvalue weighted by Crippen LogP contribution is -2.33. The third kappa shape index (κ3) is 3.80. The van der Waals surface area contributed by atoms with Crippen LogP contribution in [0, 0.1) is 0 Å². The van der Waals surface area contributed by atoms with Crippen molar-refractivity contribution in [2.45, 2.75) is 45.6 Å². The van der Waals surface area contributed by atoms with E-state index in [1.165, 1.54) is 0 Å². The van der Waals surface area contributed by atoms with Crippen molar-refractivity contribution in [1.82, 2.24) is 9.97 Å². The molecule has 1 atom stereocenters. The summed E-state index contributed by atoms with van der Waals surface area (Å²) in [7, 11) is 0. The van der Waals surface area contributed by atoms with E-state index >= 15 is 0 Å². The highest BCUT2D eigenvalue weighted by atomic mass is 35.5. The van der Waals surface area contributed by atoms with Gasteiger partial charge in [0.25, 0.3) is 0 Å². The molecule has 19 heavy (non-hydrogen) atoms. The molecule has 0 N–H and O–H groups in total. The van der Waals surface area contributed by atoms with Crippen LogP contribution in [0.4, 0.5) is 5.82 Å². The molecule has 0 amide bonds. The van der Waals surface area contributed by atoms with E-state index in [1.54, 1.807) is 0 Å². The molecule has 4 nitrogen and oxygen atoms in total. The topological polar surface area (TPSA) is 38.2 Å². The van der Waals surface area contributed by atoms with Gasteiger partial charge in [-0.25, -0.2) is 9.97 Å². The van der Waals surface area contributed by atoms with E-state index < -0.39 is 0 Å². The molecule has 0 bridgehead atoms. The fourth-order valence-corrected chi connectivity index (χ4v) is 2.45. The van der Waals surface area contributed by atoms with Gasteiger partial charge < -0.3 is 9.64 Å². The van der Waals surface area contributed by atoms with Gasteiger partial charge in [-0.15, -0.1) is 0 Å². The minimum atomic E-state index is 0.277. The number of halogens is 1. The quantitative estimate of drug-likeness (QED) is 0.778. The number of hydrogen-bond acceptors (Lipinski definition) is 4. The summed E-state index contributed by atoms with van der Waals surface area (Å²) >= 11 is 6.10. The summed E-state index contributed by atoms with van der Waals surface area (Å²) in [5.41, 5.74) is 0. The fraction of sp³-hybridized carbons (Fsp3) is 0.714. The Morgan fingerprint density at radius 2 is 2.26 bits per heavy atom. The van der Waals surface area contributed by atoms with Crippen LogP contribution in [0.5, 0.6) is 0 Å². The van der Waals surface area contributed by atoms with E-state index in [1.807, 2.05) is 6.07 Å². The van der Waals surface area contributed by atoms with Gasteiger partial charge >= 0.3 is 0 Å². The van der Waals surface area contributed by atoms with Crippen molar-refractivity contribution in [3.63, 3.8) is 0 Å². The van der Waals surface area contributed by atoms with E-state index in [9.17, 15) is 0 Å². The minimum Gasteiger partial charge on any atom is -0.376 e. The summed E-state index contributed by atoms with van der Waals surface area (Å²) in [5, 5.41) is 0.513. The number of nitrogens with zero attached hydrogens (tertiary/aromatic N) is 3. The monoisotopic (exact) mass is 283 g/mol. The van der Waals surface area contributed by atoms with Gasteiger partial charge in [-0.3, -0.25) is 0 Å². The molecule has 2 rings (SSSR count). The van der Waals surface area contributed by atoms with Gasteiger partial charge in [-0.1, -0.05) is 25.4 Å². The van der Waals surface area contributed by atoms with Crippen LogP contribution in [0.15, 0.2) is 6.07 Å². The van der Waals surface area contributed by atoms with Gasteiger partial charge in [0.05, 0.1) is 6.10 Å². The minimum absolute atomic E-state index is 0.277. The molecule has 1 aliphatic rings. The molecular weight excluding hydrogens is 262 g/mol. The number of likely N-dealkylation sites (N-methyl/N-ethyl adjacent to an activating group) is 1. The van der Waals surface area contributed by atoms with Gasteiger partial charge in [0, 0.05) is 31.7 Å². The molecule has 0 aliphatic carbocycles. The third-order valence-corrected chi connectivity index (χ3v) is 3.56. The van der Waals surface area contributed by atoms with Crippen molar-refractivity contribution >= 4 is 17.4 Å². The summed E-state index contributed by atoms with van der Waals surface area (Å²) in [6, 6.07) is 1.84. The first kappa shape index (κ1) is 14.5. The summed E-state index contributed by atoms with van der Waals surface area (Å²) in [4.78, 5) is 11.1. The van der Waals surface area contributed by atoms with Crippen LogP contribution in [-0.4, -0.2) is 35.8 Å². The predicted molar refractivity (Wildman–Crippen MR) is 78.0 cm³/mol. The van der Waals surface area contributed by atoms with Crippen LogP contribution in [-0.2, 0) is 4.74 Å². The first-order valence-corrected chi connectivity index (χ1v) is 7.39. The van der Waals surface area contributed by atoms with E-state index in [0.29, 0.717) is 11.3 Å². The summed E-state index contributed by atoms with van der Waals surface area (Å²) in [6.07, 6.45) is 2.60. The Morgan fingerprint density at radius 1 is 1.47 bits per heavy atom. The van der Waals surface area contributed by atoms with Crippen LogP contribution in [0.25, 0.3) is 0 Å². The number of ether oxygens (including phenoxy) is 1. The SMILES string of the molecule is CCN(CC1CCCO1)c1cc(Cl)nc(C(C)C)n1. The Morgan fingerprint density at radius 3 is 2.84 bits per heavy atom. The Labute approximate surface area is 120 Å². The van der Waals surface area contributed by atoms with Gasteiger partial charge in [-0.2, -0.15) is 0 Å². The average molecular weight is 284 g/mol. The molecule has 1 aromatic rings. The van der Waals surface area contributed by atoms with Crippen LogP contribution in [0.2, 0.25) is 5.15 Å². The normalized spacial score (nSPS) is 19.1. The zero-order chi connectivity index (χ0) is 13.8. The first-order chi connectivity index (χ1) is 9.10. The van der Waals surface area contributed by atoms with E-state index in [-0.39, 0.29) is 5.92 Å². The molecular formula is C14H22ClN3O. The largest absolute Gasteiger partial charge is 0.376 e. The highest BCUT2D eigenvalue weighted by Crippen LogP contribution is 2.22. The first-order valence-electron chi connectivity index (χ1n) is 7.01. The summed E-state index contributed by atoms with van der Waals surface area (Å²) in [5.74, 6) is 1.98. The molecule has 1 fully saturated rings. The third-order valence-electron chi connectivity index (χ3n) is 3.37. The molecule has 0 aromatic carbocycles. The Bertz CT molecular complexity index is 419. The molecule has 0 radical (unpaired) electrons. The lowest BCUT2D eigenvalue weighted by atomic mass is 10.2. The van der Waals surface area contributed by atoms with Crippen molar-refractivity contribution in [1.29, 1.82) is 0 Å². The van der Waals surface area contributed by atoms with Gasteiger partial charge in [0.2, 0.25) is 0 Å². The fourth-order valence-electron chi connectivity index (χ4n) is 2.26. The highest BCUT2D eigenvalue weighted by Gasteiger charge is 2.20. The molecule has 1 aromatic heterocycles. The highest BCUT2D eigenvalue weighted by molar-refractivity contribution is 6.29. The molecule has 2 heterocycles. The predicted octanol–water partition coefficient (Wildman–Crippen LogP) is 3.26. The molecule has 1 aliphatic heterocycles. The number of hydrogen-bond donors (Lipinski definition) is 0. The van der Waals surface area contributed by atoms with Crippen LogP contribution >= 0.6 is 11.6 Å². The van der Waals surface area contributed by atoms with Gasteiger partial charge in [0.15, 0.2) is 0 Å². The Kier molecular flexibility index (Phi) is 4.99. The summed E-state index contributed by atoms with van der Waals surface area (Å²) in [6.45, 7) is 8.92. The second-order valence-electron chi connectivity index (χ2n) is 5.24. The van der Waals surface area contributed by atoms with Crippen LogP contribution < -0.4 is 4.90 Å². The summed E-state index contributed by atoms with van der Waals surface area (Å²) < 4.78 is 5.70. The molecule has 0 saturated carbocycles. The Balaban J connectivity index is 2.16. The maximum absolute atomic E-state index is 6.10. The van der Waals surface area contributed by atoms with Crippen LogP contribution in [0.3, 0.4) is 0 Å². The van der Waals surface area contributed by atoms with Crippen molar-refractivity contribution in [2.75, 3.05) is 24.6 Å². The van der Waals surface area contributed by atoms with Crippen molar-refractivity contribution in [3.8, 4) is 0 Å². The van der Waals surface area contributed by atoms with E-state index in [0.717, 1.165) is 44.2 Å². The smallest absolute Gasteiger partial charge is 0.135 e. The second-order valence-corrected chi connectivity index (χ2v) is 5.62. The van der Waals surface area contributed by atoms with Gasteiger partial charge in [0.1, 0.15) is 16.8 Å². The second kappa shape index (κ2) is 6.53. The standard InChI is InChI=1S/C14H22ClN3O/c1-4-18(9-11-6-5-7-19-11)13-8-12(15)16-14(17-13)10(2)3/h8,10-11H,4-7,9H2,1-3H3. The zero-order valence-electron chi connectivity index (χ0n) is 11.9. The maximum Gasteiger partial charge on any atom is 0.135 e. The molecule has 1 unspecified atom stereocenters. The number of rotatable bonds is 5. The number of anilines is 1. The van der Waals surface area contributed by atoms with E-state index in [4.69, 9.17) is 16.3 Å². The maximum atomic E-state index is 6.10. The molecule has 1 saturated heterocycles. The lowest BCUT2D eigenvalue weighted by Gasteiger charge is -2.25. The number of aromatic nitrogens is 2. The van der Waals surface area contributed by atoms with Crippen molar-refractivity contribution in [3.05, 3.63) is 17.0 Å². The van der Waals surface area contributed by atoms with Crippen LogP contribution in [0.1, 0.15) is 45.4 Å².